The van der Waals surface area contributed by atoms with Crippen molar-refractivity contribution in [3.8, 4) is 0 Å². The summed E-state index contributed by atoms with van der Waals surface area (Å²) in [5.41, 5.74) is 0.970. The van der Waals surface area contributed by atoms with Crippen LogP contribution in [0.15, 0.2) is 24.3 Å². The normalized spacial score (nSPS) is 10.5. The minimum atomic E-state index is -0.375. The van der Waals surface area contributed by atoms with Crippen LogP contribution in [-0.4, -0.2) is 35.3 Å². The third kappa shape index (κ3) is 3.95. The van der Waals surface area contributed by atoms with Crippen LogP contribution < -0.4 is 15.5 Å². The van der Waals surface area contributed by atoms with E-state index >= 15 is 0 Å². The standard InChI is InChI=1S/C14H20N6O/c1-9(2)10-8-12(19-18-10)17-14(21)16-11-6-5-7-13(15-11)20(3)4/h5-9H,1-4H3,(H3,15,16,17,18,19,21). The third-order valence-electron chi connectivity index (χ3n) is 2.90. The van der Waals surface area contributed by atoms with Gasteiger partial charge in [0.15, 0.2) is 5.82 Å². The molecule has 2 amide bonds. The zero-order chi connectivity index (χ0) is 15.4. The van der Waals surface area contributed by atoms with Crippen LogP contribution in [0.2, 0.25) is 0 Å². The lowest BCUT2D eigenvalue weighted by Gasteiger charge is -2.12. The first kappa shape index (κ1) is 14.8. The molecule has 0 aromatic carbocycles. The lowest BCUT2D eigenvalue weighted by molar-refractivity contribution is 0.262. The highest BCUT2D eigenvalue weighted by atomic mass is 16.2. The van der Waals surface area contributed by atoms with Gasteiger partial charge < -0.3 is 4.90 Å². The average molecular weight is 288 g/mol. The summed E-state index contributed by atoms with van der Waals surface area (Å²) < 4.78 is 0. The van der Waals surface area contributed by atoms with E-state index in [4.69, 9.17) is 0 Å². The highest BCUT2D eigenvalue weighted by Crippen LogP contribution is 2.15. The average Bonchev–Trinajstić information content (AvgIpc) is 2.87. The Hall–Kier alpha value is -2.57. The Bertz CT molecular complexity index is 619. The predicted molar refractivity (Wildman–Crippen MR) is 83.9 cm³/mol. The van der Waals surface area contributed by atoms with Crippen LogP contribution in [0, 0.1) is 0 Å². The van der Waals surface area contributed by atoms with Crippen molar-refractivity contribution in [1.82, 2.24) is 15.2 Å². The van der Waals surface area contributed by atoms with Crippen molar-refractivity contribution in [3.63, 3.8) is 0 Å². The Morgan fingerprint density at radius 3 is 2.57 bits per heavy atom. The minimum Gasteiger partial charge on any atom is -0.363 e. The summed E-state index contributed by atoms with van der Waals surface area (Å²) in [6.07, 6.45) is 0. The van der Waals surface area contributed by atoms with Crippen molar-refractivity contribution < 1.29 is 4.79 Å². The number of nitrogens with one attached hydrogen (secondary N) is 3. The van der Waals surface area contributed by atoms with E-state index in [2.05, 4.69) is 25.8 Å². The molecule has 2 heterocycles. The van der Waals surface area contributed by atoms with Gasteiger partial charge in [0.05, 0.1) is 0 Å². The second-order valence-corrected chi connectivity index (χ2v) is 5.22. The molecule has 0 aliphatic rings. The molecule has 0 aliphatic carbocycles. The number of carbonyl (C=O) groups is 1. The van der Waals surface area contributed by atoms with E-state index in [-0.39, 0.29) is 6.03 Å². The number of H-pyrrole nitrogens is 1. The van der Waals surface area contributed by atoms with Gasteiger partial charge in [-0.05, 0) is 18.1 Å². The molecule has 2 aromatic heterocycles. The molecule has 21 heavy (non-hydrogen) atoms. The molecule has 0 saturated heterocycles. The molecule has 0 saturated carbocycles. The van der Waals surface area contributed by atoms with Crippen molar-refractivity contribution in [2.24, 2.45) is 0 Å². The minimum absolute atomic E-state index is 0.328. The molecule has 0 bridgehead atoms. The lowest BCUT2D eigenvalue weighted by Crippen LogP contribution is -2.21. The topological polar surface area (TPSA) is 85.9 Å². The van der Waals surface area contributed by atoms with Crippen molar-refractivity contribution in [2.75, 3.05) is 29.6 Å². The number of urea groups is 1. The number of nitrogens with zero attached hydrogens (tertiary/aromatic N) is 3. The van der Waals surface area contributed by atoms with Gasteiger partial charge in [-0.3, -0.25) is 15.7 Å². The first-order valence-electron chi connectivity index (χ1n) is 6.73. The van der Waals surface area contributed by atoms with Crippen molar-refractivity contribution in [3.05, 3.63) is 30.0 Å². The monoisotopic (exact) mass is 288 g/mol. The maximum Gasteiger partial charge on any atom is 0.326 e. The summed E-state index contributed by atoms with van der Waals surface area (Å²) in [4.78, 5) is 18.1. The smallest absolute Gasteiger partial charge is 0.326 e. The fourth-order valence-corrected chi connectivity index (χ4v) is 1.70. The summed E-state index contributed by atoms with van der Waals surface area (Å²) in [7, 11) is 3.78. The van der Waals surface area contributed by atoms with Gasteiger partial charge >= 0.3 is 6.03 Å². The van der Waals surface area contributed by atoms with Crippen molar-refractivity contribution in [2.45, 2.75) is 19.8 Å². The largest absolute Gasteiger partial charge is 0.363 e. The van der Waals surface area contributed by atoms with E-state index in [1.807, 2.05) is 51.0 Å². The quantitative estimate of drug-likeness (QED) is 0.807. The van der Waals surface area contributed by atoms with E-state index in [1.165, 1.54) is 0 Å². The predicted octanol–water partition coefficient (Wildman–Crippen LogP) is 2.64. The Morgan fingerprint density at radius 2 is 1.95 bits per heavy atom. The number of aromatic amines is 1. The van der Waals surface area contributed by atoms with E-state index < -0.39 is 0 Å². The van der Waals surface area contributed by atoms with Crippen LogP contribution in [-0.2, 0) is 0 Å². The molecule has 7 heteroatoms. The maximum atomic E-state index is 11.9. The molecular formula is C14H20N6O. The lowest BCUT2D eigenvalue weighted by atomic mass is 10.1. The highest BCUT2D eigenvalue weighted by Gasteiger charge is 2.09. The number of amides is 2. The molecule has 3 N–H and O–H groups in total. The van der Waals surface area contributed by atoms with Gasteiger partial charge in [-0.15, -0.1) is 0 Å². The molecule has 0 fully saturated rings. The Labute approximate surface area is 123 Å². The van der Waals surface area contributed by atoms with Gasteiger partial charge in [-0.1, -0.05) is 19.9 Å². The Balaban J connectivity index is 1.99. The summed E-state index contributed by atoms with van der Waals surface area (Å²) in [6, 6.07) is 6.87. The number of hydrogen-bond donors (Lipinski definition) is 3. The van der Waals surface area contributed by atoms with Crippen molar-refractivity contribution >= 4 is 23.5 Å². The molecule has 0 atom stereocenters. The van der Waals surface area contributed by atoms with Crippen LogP contribution in [0.3, 0.4) is 0 Å². The molecule has 2 rings (SSSR count). The van der Waals surface area contributed by atoms with Crippen LogP contribution in [0.4, 0.5) is 22.2 Å². The van der Waals surface area contributed by atoms with Gasteiger partial charge in [0.1, 0.15) is 11.6 Å². The summed E-state index contributed by atoms with van der Waals surface area (Å²) in [5, 5.41) is 12.3. The van der Waals surface area contributed by atoms with Gasteiger partial charge in [-0.25, -0.2) is 9.78 Å². The van der Waals surface area contributed by atoms with Crippen LogP contribution in [0.25, 0.3) is 0 Å². The molecule has 0 spiro atoms. The highest BCUT2D eigenvalue weighted by molar-refractivity contribution is 5.98. The molecule has 2 aromatic rings. The van der Waals surface area contributed by atoms with Gasteiger partial charge in [-0.2, -0.15) is 5.10 Å². The molecule has 7 nitrogen and oxygen atoms in total. The van der Waals surface area contributed by atoms with E-state index in [1.54, 1.807) is 6.07 Å². The second-order valence-electron chi connectivity index (χ2n) is 5.22. The fourth-order valence-electron chi connectivity index (χ4n) is 1.70. The maximum absolute atomic E-state index is 11.9. The molecule has 112 valence electrons. The first-order chi connectivity index (χ1) is 9.95. The van der Waals surface area contributed by atoms with E-state index in [0.717, 1.165) is 11.5 Å². The van der Waals surface area contributed by atoms with E-state index in [9.17, 15) is 4.79 Å². The third-order valence-corrected chi connectivity index (χ3v) is 2.90. The Morgan fingerprint density at radius 1 is 1.24 bits per heavy atom. The van der Waals surface area contributed by atoms with Crippen LogP contribution >= 0.6 is 0 Å². The van der Waals surface area contributed by atoms with Crippen molar-refractivity contribution in [1.29, 1.82) is 0 Å². The van der Waals surface area contributed by atoms with Gasteiger partial charge in [0, 0.05) is 25.9 Å². The number of carbonyl (C=O) groups excluding carboxylic acids is 1. The van der Waals surface area contributed by atoms with Crippen LogP contribution in [0.1, 0.15) is 25.5 Å². The molecule has 0 unspecified atom stereocenters. The summed E-state index contributed by atoms with van der Waals surface area (Å²) >= 11 is 0. The van der Waals surface area contributed by atoms with Gasteiger partial charge in [0.25, 0.3) is 0 Å². The molecular weight excluding hydrogens is 268 g/mol. The Kier molecular flexibility index (Phi) is 4.42. The first-order valence-corrected chi connectivity index (χ1v) is 6.73. The summed E-state index contributed by atoms with van der Waals surface area (Å²) in [6.45, 7) is 4.10. The fraction of sp³-hybridized carbons (Fsp3) is 0.357. The number of hydrogen-bond acceptors (Lipinski definition) is 4. The van der Waals surface area contributed by atoms with Crippen LogP contribution in [0.5, 0.6) is 0 Å². The number of aromatic nitrogens is 3. The van der Waals surface area contributed by atoms with Gasteiger partial charge in [0.2, 0.25) is 0 Å². The zero-order valence-corrected chi connectivity index (χ0v) is 12.6. The number of pyridine rings is 1. The second kappa shape index (κ2) is 6.25. The molecule has 0 radical (unpaired) electrons. The number of rotatable bonds is 4. The molecule has 0 aliphatic heterocycles. The zero-order valence-electron chi connectivity index (χ0n) is 12.6. The SMILES string of the molecule is CC(C)c1cc(NC(=O)Nc2cccc(N(C)C)n2)n[nH]1. The number of anilines is 3. The summed E-state index contributed by atoms with van der Waals surface area (Å²) in [5.74, 6) is 2.07. The van der Waals surface area contributed by atoms with E-state index in [0.29, 0.717) is 17.6 Å².